The summed E-state index contributed by atoms with van der Waals surface area (Å²) in [7, 11) is 0.972. The van der Waals surface area contributed by atoms with E-state index in [2.05, 4.69) is 9.72 Å². The predicted molar refractivity (Wildman–Crippen MR) is 79.9 cm³/mol. The number of methoxy groups -OCH3 is 1. The van der Waals surface area contributed by atoms with Gasteiger partial charge in [-0.1, -0.05) is 0 Å². The number of hydrogen-bond acceptors (Lipinski definition) is 4. The number of esters is 1. The smallest absolute Gasteiger partial charge is 0.417 e. The van der Waals surface area contributed by atoms with Crippen molar-refractivity contribution in [2.75, 3.05) is 12.4 Å². The Kier molecular flexibility index (Phi) is 5.62. The van der Waals surface area contributed by atoms with Gasteiger partial charge < -0.3 is 10.1 Å². The van der Waals surface area contributed by atoms with Crippen LogP contribution in [0.15, 0.2) is 30.5 Å². The molecule has 5 nitrogen and oxygen atoms in total. The summed E-state index contributed by atoms with van der Waals surface area (Å²) in [5.74, 6) is -4.82. The highest BCUT2D eigenvalue weighted by molar-refractivity contribution is 6.08. The number of carbonyl (C=O) groups excluding carboxylic acids is 2. The number of benzene rings is 1. The van der Waals surface area contributed by atoms with Crippen molar-refractivity contribution >= 4 is 17.6 Å². The van der Waals surface area contributed by atoms with Crippen LogP contribution in [-0.2, 0) is 17.1 Å². The Balaban J connectivity index is 2.57. The molecule has 0 saturated carbocycles. The first-order valence-corrected chi connectivity index (χ1v) is 7.19. The zero-order valence-corrected chi connectivity index (χ0v) is 13.7. The summed E-state index contributed by atoms with van der Waals surface area (Å²) in [4.78, 5) is 27.4. The second-order valence-corrected chi connectivity index (χ2v) is 5.22. The minimum absolute atomic E-state index is 0.228. The van der Waals surface area contributed by atoms with Crippen LogP contribution in [0.3, 0.4) is 0 Å². The summed E-state index contributed by atoms with van der Waals surface area (Å²) in [5.41, 5.74) is -6.63. The van der Waals surface area contributed by atoms with Crippen molar-refractivity contribution in [3.8, 4) is 0 Å². The number of nitrogens with zero attached hydrogens (tertiary/aromatic N) is 1. The number of hydrogen-bond donors (Lipinski definition) is 1. The van der Waals surface area contributed by atoms with Crippen molar-refractivity contribution in [1.82, 2.24) is 4.98 Å². The molecule has 2 rings (SSSR count). The Bertz CT molecular complexity index is 923. The molecular weight excluding hydrogens is 401 g/mol. The van der Waals surface area contributed by atoms with Crippen LogP contribution in [0.5, 0.6) is 0 Å². The molecule has 0 aliphatic carbocycles. The third kappa shape index (κ3) is 4.38. The standard InChI is InChI=1S/C16H9F7N2O3/c1-28-14(27)12-10(3-2-4-24-12)25-13(26)11-8(16(21,22)23)5-7(6-9(11)17)15(18,19)20/h2-6H,1H3,(H,25,26). The maximum Gasteiger partial charge on any atom is 0.417 e. The maximum atomic E-state index is 14.1. The summed E-state index contributed by atoms with van der Waals surface area (Å²) in [5, 5.41) is 1.83. The molecule has 0 aliphatic heterocycles. The first-order valence-electron chi connectivity index (χ1n) is 7.19. The van der Waals surface area contributed by atoms with Gasteiger partial charge in [0.1, 0.15) is 5.82 Å². The van der Waals surface area contributed by atoms with Crippen LogP contribution in [0.25, 0.3) is 0 Å². The molecular formula is C16H9F7N2O3. The number of nitrogens with one attached hydrogen (secondary N) is 1. The van der Waals surface area contributed by atoms with Crippen molar-refractivity contribution in [2.24, 2.45) is 0 Å². The van der Waals surface area contributed by atoms with E-state index in [1.54, 1.807) is 0 Å². The summed E-state index contributed by atoms with van der Waals surface area (Å²) in [6.45, 7) is 0. The second-order valence-electron chi connectivity index (χ2n) is 5.22. The van der Waals surface area contributed by atoms with Gasteiger partial charge in [0.05, 0.1) is 29.5 Å². The molecule has 0 bridgehead atoms. The fourth-order valence-corrected chi connectivity index (χ4v) is 2.18. The van der Waals surface area contributed by atoms with Gasteiger partial charge in [-0.15, -0.1) is 0 Å². The molecule has 1 aromatic carbocycles. The van der Waals surface area contributed by atoms with Crippen LogP contribution in [0.1, 0.15) is 32.0 Å². The summed E-state index contributed by atoms with van der Waals surface area (Å²) >= 11 is 0. The van der Waals surface area contributed by atoms with Gasteiger partial charge in [0.15, 0.2) is 5.69 Å². The van der Waals surface area contributed by atoms with Crippen molar-refractivity contribution in [1.29, 1.82) is 0 Å². The molecule has 2 aromatic rings. The third-order valence-electron chi connectivity index (χ3n) is 3.38. The monoisotopic (exact) mass is 410 g/mol. The van der Waals surface area contributed by atoms with Gasteiger partial charge in [0.2, 0.25) is 0 Å². The van der Waals surface area contributed by atoms with Crippen molar-refractivity contribution in [3.05, 3.63) is 58.7 Å². The zero-order chi connectivity index (χ0) is 21.3. The SMILES string of the molecule is COC(=O)c1ncccc1NC(=O)c1c(F)cc(C(F)(F)F)cc1C(F)(F)F. The summed E-state index contributed by atoms with van der Waals surface area (Å²) < 4.78 is 96.0. The van der Waals surface area contributed by atoms with E-state index in [1.165, 1.54) is 6.07 Å². The van der Waals surface area contributed by atoms with Gasteiger partial charge in [-0.3, -0.25) is 4.79 Å². The molecule has 0 aliphatic rings. The lowest BCUT2D eigenvalue weighted by Gasteiger charge is -2.17. The zero-order valence-electron chi connectivity index (χ0n) is 13.7. The highest BCUT2D eigenvalue weighted by atomic mass is 19.4. The summed E-state index contributed by atoms with van der Waals surface area (Å²) in [6, 6.07) is 1.67. The number of pyridine rings is 1. The first-order chi connectivity index (χ1) is 12.9. The average Bonchev–Trinajstić information content (AvgIpc) is 2.59. The van der Waals surface area contributed by atoms with Crippen LogP contribution in [0.4, 0.5) is 36.4 Å². The van der Waals surface area contributed by atoms with Gasteiger partial charge in [0.25, 0.3) is 5.91 Å². The predicted octanol–water partition coefficient (Wildman–Crippen LogP) is 4.30. The molecule has 0 radical (unpaired) electrons. The van der Waals surface area contributed by atoms with Gasteiger partial charge in [-0.25, -0.2) is 14.2 Å². The lowest BCUT2D eigenvalue weighted by atomic mass is 10.0. The Labute approximate surface area is 152 Å². The van der Waals surface area contributed by atoms with E-state index in [0.29, 0.717) is 0 Å². The number of alkyl halides is 6. The van der Waals surface area contributed by atoms with Crippen LogP contribution in [0.2, 0.25) is 0 Å². The second kappa shape index (κ2) is 7.44. The molecule has 0 fully saturated rings. The Hall–Kier alpha value is -3.18. The fourth-order valence-electron chi connectivity index (χ4n) is 2.18. The van der Waals surface area contributed by atoms with E-state index in [4.69, 9.17) is 0 Å². The molecule has 1 aromatic heterocycles. The van der Waals surface area contributed by atoms with Gasteiger partial charge in [-0.2, -0.15) is 26.3 Å². The lowest BCUT2D eigenvalue weighted by molar-refractivity contribution is -0.143. The minimum atomic E-state index is -5.46. The molecule has 0 unspecified atom stereocenters. The highest BCUT2D eigenvalue weighted by Crippen LogP contribution is 2.38. The number of amides is 1. The largest absolute Gasteiger partial charge is 0.464 e. The Morgan fingerprint density at radius 3 is 2.25 bits per heavy atom. The number of ether oxygens (including phenoxy) is 1. The van der Waals surface area contributed by atoms with Gasteiger partial charge in [0, 0.05) is 6.20 Å². The van der Waals surface area contributed by atoms with Crippen LogP contribution < -0.4 is 5.32 Å². The van der Waals surface area contributed by atoms with E-state index in [0.717, 1.165) is 19.4 Å². The normalized spacial score (nSPS) is 11.9. The highest BCUT2D eigenvalue weighted by Gasteiger charge is 2.41. The lowest BCUT2D eigenvalue weighted by Crippen LogP contribution is -2.23. The molecule has 0 atom stereocenters. The molecule has 12 heteroatoms. The number of anilines is 1. The van der Waals surface area contributed by atoms with Crippen molar-refractivity contribution in [3.63, 3.8) is 0 Å². The number of carbonyl (C=O) groups is 2. The maximum absolute atomic E-state index is 14.1. The van der Waals surface area contributed by atoms with Crippen LogP contribution in [0, 0.1) is 5.82 Å². The topological polar surface area (TPSA) is 68.3 Å². The number of aromatic nitrogens is 1. The molecule has 0 spiro atoms. The van der Waals surface area contributed by atoms with Crippen molar-refractivity contribution < 1.29 is 45.1 Å². The summed E-state index contributed by atoms with van der Waals surface area (Å²) in [6.07, 6.45) is -9.62. The molecule has 1 amide bonds. The molecule has 0 saturated heterocycles. The quantitative estimate of drug-likeness (QED) is 0.605. The van der Waals surface area contributed by atoms with Gasteiger partial charge in [-0.05, 0) is 24.3 Å². The molecule has 28 heavy (non-hydrogen) atoms. The van der Waals surface area contributed by atoms with E-state index in [1.807, 2.05) is 5.32 Å². The Morgan fingerprint density at radius 1 is 1.07 bits per heavy atom. The Morgan fingerprint density at radius 2 is 1.71 bits per heavy atom. The van der Waals surface area contributed by atoms with Crippen LogP contribution in [-0.4, -0.2) is 24.0 Å². The first kappa shape index (κ1) is 21.1. The van der Waals surface area contributed by atoms with E-state index in [-0.39, 0.29) is 12.1 Å². The average molecular weight is 410 g/mol. The van der Waals surface area contributed by atoms with Crippen molar-refractivity contribution in [2.45, 2.75) is 12.4 Å². The molecule has 1 heterocycles. The number of halogens is 7. The molecule has 1 N–H and O–H groups in total. The minimum Gasteiger partial charge on any atom is -0.464 e. The fraction of sp³-hybridized carbons (Fsp3) is 0.188. The molecule has 150 valence electrons. The third-order valence-corrected chi connectivity index (χ3v) is 3.38. The van der Waals surface area contributed by atoms with Crippen LogP contribution >= 0.6 is 0 Å². The number of rotatable bonds is 3. The van der Waals surface area contributed by atoms with E-state index in [9.17, 15) is 40.3 Å². The van der Waals surface area contributed by atoms with E-state index >= 15 is 0 Å². The van der Waals surface area contributed by atoms with E-state index < -0.39 is 58.1 Å². The van der Waals surface area contributed by atoms with Gasteiger partial charge >= 0.3 is 18.3 Å².